The fourth-order valence-electron chi connectivity index (χ4n) is 3.16. The summed E-state index contributed by atoms with van der Waals surface area (Å²) in [4.78, 5) is 0. The molecule has 1 aromatic heterocycles. The Bertz CT molecular complexity index is 879. The lowest BCUT2D eigenvalue weighted by atomic mass is 10.1. The molecule has 1 unspecified atom stereocenters. The highest BCUT2D eigenvalue weighted by atomic mass is 15.3. The number of nitrogens with one attached hydrogen (secondary N) is 1. The smallest absolute Gasteiger partial charge is 0.168 e. The van der Waals surface area contributed by atoms with E-state index in [0.717, 1.165) is 35.1 Å². The van der Waals surface area contributed by atoms with Gasteiger partial charge >= 0.3 is 0 Å². The van der Waals surface area contributed by atoms with E-state index in [1.807, 2.05) is 0 Å². The second-order valence-electron chi connectivity index (χ2n) is 6.39. The van der Waals surface area contributed by atoms with Gasteiger partial charge in [0.25, 0.3) is 0 Å². The van der Waals surface area contributed by atoms with Gasteiger partial charge in [0.05, 0.1) is 11.4 Å². The van der Waals surface area contributed by atoms with E-state index in [2.05, 4.69) is 83.3 Å². The van der Waals surface area contributed by atoms with Crippen molar-refractivity contribution in [3.05, 3.63) is 59.4 Å². The third kappa shape index (κ3) is 2.31. The van der Waals surface area contributed by atoms with Crippen LogP contribution < -0.4 is 5.32 Å². The van der Waals surface area contributed by atoms with E-state index < -0.39 is 0 Å². The predicted molar refractivity (Wildman–Crippen MR) is 93.2 cm³/mol. The molecular formula is C19H20N4. The SMILES string of the molecule is Cc1cccc(-c2nnc3n2-c2ccc(C)cc2NCC3C)c1. The van der Waals surface area contributed by atoms with E-state index in [4.69, 9.17) is 0 Å². The van der Waals surface area contributed by atoms with Crippen LogP contribution >= 0.6 is 0 Å². The zero-order chi connectivity index (χ0) is 16.0. The summed E-state index contributed by atoms with van der Waals surface area (Å²) in [6.07, 6.45) is 0. The Hall–Kier alpha value is -2.62. The molecule has 1 N–H and O–H groups in total. The van der Waals surface area contributed by atoms with E-state index in [-0.39, 0.29) is 0 Å². The quantitative estimate of drug-likeness (QED) is 0.736. The summed E-state index contributed by atoms with van der Waals surface area (Å²) in [5.41, 5.74) is 5.84. The molecule has 4 heteroatoms. The lowest BCUT2D eigenvalue weighted by Crippen LogP contribution is -2.09. The van der Waals surface area contributed by atoms with Crippen molar-refractivity contribution in [3.63, 3.8) is 0 Å². The van der Waals surface area contributed by atoms with E-state index in [9.17, 15) is 0 Å². The zero-order valence-corrected chi connectivity index (χ0v) is 13.7. The molecule has 116 valence electrons. The number of nitrogens with zero attached hydrogens (tertiary/aromatic N) is 3. The Morgan fingerprint density at radius 1 is 1.04 bits per heavy atom. The highest BCUT2D eigenvalue weighted by Crippen LogP contribution is 2.33. The first-order valence-electron chi connectivity index (χ1n) is 8.01. The van der Waals surface area contributed by atoms with Crippen LogP contribution in [0.3, 0.4) is 0 Å². The van der Waals surface area contributed by atoms with Crippen LogP contribution in [0.1, 0.15) is 29.8 Å². The molecule has 23 heavy (non-hydrogen) atoms. The van der Waals surface area contributed by atoms with Crippen LogP contribution in [0.4, 0.5) is 5.69 Å². The number of fused-ring (bicyclic) bond motifs is 3. The minimum Gasteiger partial charge on any atom is -0.383 e. The zero-order valence-electron chi connectivity index (χ0n) is 13.7. The summed E-state index contributed by atoms with van der Waals surface area (Å²) in [7, 11) is 0. The third-order valence-electron chi connectivity index (χ3n) is 4.40. The van der Waals surface area contributed by atoms with Crippen molar-refractivity contribution in [2.24, 2.45) is 0 Å². The number of aromatic nitrogens is 3. The van der Waals surface area contributed by atoms with Crippen molar-refractivity contribution in [1.82, 2.24) is 14.8 Å². The molecule has 0 fully saturated rings. The Labute approximate surface area is 136 Å². The predicted octanol–water partition coefficient (Wildman–Crippen LogP) is 4.08. The maximum Gasteiger partial charge on any atom is 0.168 e. The summed E-state index contributed by atoms with van der Waals surface area (Å²) in [6, 6.07) is 14.9. The normalized spacial score (nSPS) is 16.2. The topological polar surface area (TPSA) is 42.7 Å². The summed E-state index contributed by atoms with van der Waals surface area (Å²) in [6.45, 7) is 7.27. The van der Waals surface area contributed by atoms with Gasteiger partial charge < -0.3 is 5.32 Å². The van der Waals surface area contributed by atoms with Crippen LogP contribution in [0.2, 0.25) is 0 Å². The fraction of sp³-hybridized carbons (Fsp3) is 0.263. The highest BCUT2D eigenvalue weighted by Gasteiger charge is 2.24. The number of anilines is 1. The Morgan fingerprint density at radius 2 is 1.87 bits per heavy atom. The van der Waals surface area contributed by atoms with Crippen molar-refractivity contribution >= 4 is 5.69 Å². The molecule has 0 saturated carbocycles. The maximum absolute atomic E-state index is 4.51. The first-order valence-corrected chi connectivity index (χ1v) is 8.01. The Morgan fingerprint density at radius 3 is 2.70 bits per heavy atom. The third-order valence-corrected chi connectivity index (χ3v) is 4.40. The number of benzene rings is 2. The largest absolute Gasteiger partial charge is 0.383 e. The molecule has 1 atom stereocenters. The molecule has 0 bridgehead atoms. The van der Waals surface area contributed by atoms with Crippen LogP contribution in [0.25, 0.3) is 17.1 Å². The summed E-state index contributed by atoms with van der Waals surface area (Å²) < 4.78 is 2.20. The molecular weight excluding hydrogens is 284 g/mol. The highest BCUT2D eigenvalue weighted by molar-refractivity contribution is 5.69. The second kappa shape index (κ2) is 5.23. The summed E-state index contributed by atoms with van der Waals surface area (Å²) in [5, 5.41) is 12.6. The van der Waals surface area contributed by atoms with Crippen molar-refractivity contribution in [2.45, 2.75) is 26.7 Å². The van der Waals surface area contributed by atoms with Gasteiger partial charge in [0.2, 0.25) is 0 Å². The standard InChI is InChI=1S/C19H20N4/c1-12-5-4-6-15(9-12)19-22-21-18-14(3)11-20-16-10-13(2)7-8-17(16)23(18)19/h4-10,14,20H,11H2,1-3H3. The molecule has 1 aliphatic heterocycles. The minimum absolute atomic E-state index is 0.300. The fourth-order valence-corrected chi connectivity index (χ4v) is 3.16. The van der Waals surface area contributed by atoms with Crippen LogP contribution in [0.5, 0.6) is 0 Å². The molecule has 0 radical (unpaired) electrons. The molecule has 3 aromatic rings. The first kappa shape index (κ1) is 14.0. The molecule has 2 heterocycles. The minimum atomic E-state index is 0.300. The van der Waals surface area contributed by atoms with Gasteiger partial charge in [-0.2, -0.15) is 0 Å². The van der Waals surface area contributed by atoms with Gasteiger partial charge in [0.1, 0.15) is 5.82 Å². The lowest BCUT2D eigenvalue weighted by molar-refractivity contribution is 0.725. The van der Waals surface area contributed by atoms with E-state index in [1.54, 1.807) is 0 Å². The monoisotopic (exact) mass is 304 g/mol. The van der Waals surface area contributed by atoms with Gasteiger partial charge in [0.15, 0.2) is 5.82 Å². The number of hydrogen-bond acceptors (Lipinski definition) is 3. The summed E-state index contributed by atoms with van der Waals surface area (Å²) in [5.74, 6) is 2.22. The van der Waals surface area contributed by atoms with E-state index in [1.165, 1.54) is 11.1 Å². The first-order chi connectivity index (χ1) is 11.1. The van der Waals surface area contributed by atoms with Gasteiger partial charge in [-0.1, -0.05) is 36.8 Å². The average molecular weight is 304 g/mol. The lowest BCUT2D eigenvalue weighted by Gasteiger charge is -2.13. The second-order valence-corrected chi connectivity index (χ2v) is 6.39. The van der Waals surface area contributed by atoms with Crippen LogP contribution in [-0.4, -0.2) is 21.3 Å². The van der Waals surface area contributed by atoms with Crippen LogP contribution in [0, 0.1) is 13.8 Å². The molecule has 0 spiro atoms. The van der Waals surface area contributed by atoms with Crippen molar-refractivity contribution in [3.8, 4) is 17.1 Å². The van der Waals surface area contributed by atoms with Crippen LogP contribution in [0.15, 0.2) is 42.5 Å². The van der Waals surface area contributed by atoms with Gasteiger partial charge in [-0.3, -0.25) is 4.57 Å². The maximum atomic E-state index is 4.51. The van der Waals surface area contributed by atoms with E-state index >= 15 is 0 Å². The molecule has 4 rings (SSSR count). The molecule has 0 aliphatic carbocycles. The molecule has 2 aromatic carbocycles. The number of hydrogen-bond donors (Lipinski definition) is 1. The number of aryl methyl sites for hydroxylation is 2. The van der Waals surface area contributed by atoms with Gasteiger partial charge in [-0.15, -0.1) is 10.2 Å². The van der Waals surface area contributed by atoms with Gasteiger partial charge in [-0.05, 0) is 37.6 Å². The average Bonchev–Trinajstić information content (AvgIpc) is 2.92. The van der Waals surface area contributed by atoms with Crippen LogP contribution in [-0.2, 0) is 0 Å². The molecule has 0 amide bonds. The summed E-state index contributed by atoms with van der Waals surface area (Å²) >= 11 is 0. The molecule has 1 aliphatic rings. The Kier molecular flexibility index (Phi) is 3.18. The Balaban J connectivity index is 1.99. The number of rotatable bonds is 1. The molecule has 4 nitrogen and oxygen atoms in total. The van der Waals surface area contributed by atoms with Crippen molar-refractivity contribution in [1.29, 1.82) is 0 Å². The van der Waals surface area contributed by atoms with Crippen molar-refractivity contribution in [2.75, 3.05) is 11.9 Å². The van der Waals surface area contributed by atoms with Gasteiger partial charge in [-0.25, -0.2) is 0 Å². The molecule has 0 saturated heterocycles. The van der Waals surface area contributed by atoms with E-state index in [0.29, 0.717) is 5.92 Å². The van der Waals surface area contributed by atoms with Gasteiger partial charge in [0, 0.05) is 18.0 Å². The van der Waals surface area contributed by atoms with Crippen molar-refractivity contribution < 1.29 is 0 Å².